The number of benzene rings is 1. The largest absolute Gasteiger partial charge is 0.381 e. The molecule has 0 atom stereocenters. The van der Waals surface area contributed by atoms with Gasteiger partial charge in [-0.2, -0.15) is 0 Å². The van der Waals surface area contributed by atoms with Gasteiger partial charge in [0.2, 0.25) is 5.91 Å². The number of ether oxygens (including phenoxy) is 1. The molecule has 6 heteroatoms. The summed E-state index contributed by atoms with van der Waals surface area (Å²) >= 11 is 0. The van der Waals surface area contributed by atoms with Crippen LogP contribution in [0.15, 0.2) is 23.2 Å². The maximum absolute atomic E-state index is 11.9. The van der Waals surface area contributed by atoms with Crippen LogP contribution in [0.3, 0.4) is 0 Å². The highest BCUT2D eigenvalue weighted by Gasteiger charge is 2.38. The van der Waals surface area contributed by atoms with E-state index in [-0.39, 0.29) is 5.91 Å². The second kappa shape index (κ2) is 7.21. The van der Waals surface area contributed by atoms with Gasteiger partial charge in [-0.05, 0) is 55.7 Å². The maximum Gasteiger partial charge on any atom is 0.225 e. The van der Waals surface area contributed by atoms with Crippen LogP contribution in [0.1, 0.15) is 36.8 Å². The van der Waals surface area contributed by atoms with E-state index in [1.807, 2.05) is 12.1 Å². The molecule has 1 fully saturated rings. The van der Waals surface area contributed by atoms with Crippen molar-refractivity contribution in [2.45, 2.75) is 38.5 Å². The molecule has 1 saturated heterocycles. The van der Waals surface area contributed by atoms with Gasteiger partial charge in [0.15, 0.2) is 5.96 Å². The van der Waals surface area contributed by atoms with Crippen molar-refractivity contribution in [3.63, 3.8) is 0 Å². The normalized spacial score (nSPS) is 20.2. The predicted octanol–water partition coefficient (Wildman–Crippen LogP) is 1.57. The molecule has 0 unspecified atom stereocenters. The Morgan fingerprint density at radius 2 is 1.96 bits per heavy atom. The van der Waals surface area contributed by atoms with Crippen molar-refractivity contribution in [1.29, 1.82) is 0 Å². The average Bonchev–Trinajstić information content (AvgIpc) is 2.61. The van der Waals surface area contributed by atoms with Gasteiger partial charge in [-0.1, -0.05) is 12.1 Å². The van der Waals surface area contributed by atoms with Gasteiger partial charge < -0.3 is 21.5 Å². The second-order valence-corrected chi connectivity index (χ2v) is 6.73. The van der Waals surface area contributed by atoms with Crippen molar-refractivity contribution in [2.75, 3.05) is 25.1 Å². The minimum atomic E-state index is -0.638. The Balaban J connectivity index is 1.71. The molecule has 5 N–H and O–H groups in total. The molecule has 6 nitrogen and oxygen atoms in total. The first-order valence-electron chi connectivity index (χ1n) is 8.66. The maximum atomic E-state index is 11.9. The quantitative estimate of drug-likeness (QED) is 0.576. The summed E-state index contributed by atoms with van der Waals surface area (Å²) in [7, 11) is 0. The fourth-order valence-electron chi connectivity index (χ4n) is 3.56. The van der Waals surface area contributed by atoms with E-state index in [2.05, 4.69) is 16.4 Å². The first kappa shape index (κ1) is 16.8. The number of amides is 1. The molecule has 0 radical (unpaired) electrons. The summed E-state index contributed by atoms with van der Waals surface area (Å²) in [6.45, 7) is 1.38. The van der Waals surface area contributed by atoms with Crippen LogP contribution in [0.2, 0.25) is 0 Å². The fraction of sp³-hybridized carbons (Fsp3) is 0.556. The van der Waals surface area contributed by atoms with E-state index in [4.69, 9.17) is 16.2 Å². The molecule has 24 heavy (non-hydrogen) atoms. The monoisotopic (exact) mass is 330 g/mol. The Labute approximate surface area is 142 Å². The van der Waals surface area contributed by atoms with Crippen LogP contribution >= 0.6 is 0 Å². The zero-order valence-electron chi connectivity index (χ0n) is 14.0. The lowest BCUT2D eigenvalue weighted by Gasteiger charge is -2.32. The number of carbonyl (C=O) groups is 1. The summed E-state index contributed by atoms with van der Waals surface area (Å²) in [5.41, 5.74) is 14.8. The van der Waals surface area contributed by atoms with E-state index < -0.39 is 5.41 Å². The van der Waals surface area contributed by atoms with Gasteiger partial charge in [0.05, 0.1) is 12.0 Å². The number of rotatable bonds is 4. The topological polar surface area (TPSA) is 103 Å². The number of aryl methyl sites for hydroxylation is 1. The molecule has 1 heterocycles. The molecule has 1 aliphatic carbocycles. The lowest BCUT2D eigenvalue weighted by atomic mass is 9.79. The zero-order chi connectivity index (χ0) is 17.0. The summed E-state index contributed by atoms with van der Waals surface area (Å²) in [6, 6.07) is 6.26. The number of carbonyl (C=O) groups excluding carboxylic acids is 1. The van der Waals surface area contributed by atoms with E-state index in [9.17, 15) is 4.79 Å². The lowest BCUT2D eigenvalue weighted by Crippen LogP contribution is -2.44. The number of hydrogen-bond acceptors (Lipinski definition) is 3. The molecule has 1 amide bonds. The number of nitrogens with zero attached hydrogens (tertiary/aromatic N) is 1. The van der Waals surface area contributed by atoms with Crippen molar-refractivity contribution in [2.24, 2.45) is 21.9 Å². The first-order chi connectivity index (χ1) is 11.6. The van der Waals surface area contributed by atoms with Crippen LogP contribution < -0.4 is 16.8 Å². The number of guanidine groups is 1. The van der Waals surface area contributed by atoms with Crippen molar-refractivity contribution < 1.29 is 9.53 Å². The number of aliphatic imine (C=N–C) groups is 1. The van der Waals surface area contributed by atoms with Crippen molar-refractivity contribution >= 4 is 17.6 Å². The average molecular weight is 330 g/mol. The third-order valence-corrected chi connectivity index (χ3v) is 5.18. The number of hydrogen-bond donors (Lipinski definition) is 3. The Morgan fingerprint density at radius 3 is 2.71 bits per heavy atom. The van der Waals surface area contributed by atoms with Gasteiger partial charge in [-0.25, -0.2) is 0 Å². The van der Waals surface area contributed by atoms with Gasteiger partial charge in [0.1, 0.15) is 0 Å². The molecule has 0 bridgehead atoms. The fourth-order valence-corrected chi connectivity index (χ4v) is 3.56. The molecule has 130 valence electrons. The first-order valence-corrected chi connectivity index (χ1v) is 8.66. The molecular formula is C18H26N4O2. The highest BCUT2D eigenvalue weighted by molar-refractivity contribution is 5.93. The van der Waals surface area contributed by atoms with Crippen LogP contribution in [0.25, 0.3) is 0 Å². The number of anilines is 1. The van der Waals surface area contributed by atoms with Crippen LogP contribution in [0, 0.1) is 5.41 Å². The highest BCUT2D eigenvalue weighted by Crippen LogP contribution is 2.31. The molecule has 3 rings (SSSR count). The molecular weight excluding hydrogens is 304 g/mol. The van der Waals surface area contributed by atoms with Crippen LogP contribution in [-0.2, 0) is 22.4 Å². The third kappa shape index (κ3) is 3.53. The predicted molar refractivity (Wildman–Crippen MR) is 94.9 cm³/mol. The van der Waals surface area contributed by atoms with Gasteiger partial charge in [-0.15, -0.1) is 0 Å². The summed E-state index contributed by atoms with van der Waals surface area (Å²) < 4.78 is 5.34. The van der Waals surface area contributed by atoms with Crippen LogP contribution in [0.4, 0.5) is 5.69 Å². The minimum Gasteiger partial charge on any atom is -0.381 e. The van der Waals surface area contributed by atoms with Crippen molar-refractivity contribution in [3.8, 4) is 0 Å². The molecule has 1 aromatic rings. The second-order valence-electron chi connectivity index (χ2n) is 6.73. The minimum absolute atomic E-state index is 0.305. The highest BCUT2D eigenvalue weighted by atomic mass is 16.5. The van der Waals surface area contributed by atoms with Gasteiger partial charge in [-0.3, -0.25) is 9.79 Å². The summed E-state index contributed by atoms with van der Waals surface area (Å²) in [5.74, 6) is 0.0144. The molecule has 0 aromatic heterocycles. The zero-order valence-corrected chi connectivity index (χ0v) is 14.0. The van der Waals surface area contributed by atoms with E-state index in [0.29, 0.717) is 38.6 Å². The van der Waals surface area contributed by atoms with Gasteiger partial charge in [0, 0.05) is 18.9 Å². The van der Waals surface area contributed by atoms with E-state index in [1.165, 1.54) is 24.0 Å². The third-order valence-electron chi connectivity index (χ3n) is 5.18. The van der Waals surface area contributed by atoms with Crippen molar-refractivity contribution in [1.82, 2.24) is 0 Å². The number of nitrogens with two attached hydrogens (primary N) is 2. The standard InChI is InChI=1S/C18H26N4O2/c19-16(23)18(8-10-24-11-9-18)12-21-17(20)22-15-7-3-5-13-4-1-2-6-14(13)15/h3,5,7H,1-2,4,6,8-12H2,(H2,19,23)(H3,20,21,22). The molecule has 2 aliphatic rings. The SMILES string of the molecule is NC(=O)C1(CN=C(N)Nc2cccc3c2CCCC3)CCOCC1. The van der Waals surface area contributed by atoms with E-state index >= 15 is 0 Å². The molecule has 0 spiro atoms. The summed E-state index contributed by atoms with van der Waals surface area (Å²) in [5, 5.41) is 3.21. The Kier molecular flexibility index (Phi) is 5.04. The molecule has 1 aliphatic heterocycles. The Bertz CT molecular complexity index is 636. The Hall–Kier alpha value is -2.08. The summed E-state index contributed by atoms with van der Waals surface area (Å²) in [4.78, 5) is 16.3. The van der Waals surface area contributed by atoms with Crippen LogP contribution in [-0.4, -0.2) is 31.6 Å². The number of fused-ring (bicyclic) bond motifs is 1. The van der Waals surface area contributed by atoms with Crippen molar-refractivity contribution in [3.05, 3.63) is 29.3 Å². The molecule has 0 saturated carbocycles. The molecule has 1 aromatic carbocycles. The number of nitrogens with one attached hydrogen (secondary N) is 1. The van der Waals surface area contributed by atoms with E-state index in [1.54, 1.807) is 0 Å². The summed E-state index contributed by atoms with van der Waals surface area (Å²) in [6.07, 6.45) is 5.82. The van der Waals surface area contributed by atoms with Crippen LogP contribution in [0.5, 0.6) is 0 Å². The van der Waals surface area contributed by atoms with E-state index in [0.717, 1.165) is 18.5 Å². The van der Waals surface area contributed by atoms with Gasteiger partial charge >= 0.3 is 0 Å². The van der Waals surface area contributed by atoms with Gasteiger partial charge in [0.25, 0.3) is 0 Å². The smallest absolute Gasteiger partial charge is 0.225 e. The Morgan fingerprint density at radius 1 is 1.21 bits per heavy atom. The number of primary amides is 1. The lowest BCUT2D eigenvalue weighted by molar-refractivity contribution is -0.132.